The van der Waals surface area contributed by atoms with E-state index in [0.717, 1.165) is 23.5 Å². The number of aryl methyl sites for hydroxylation is 1. The largest absolute Gasteiger partial charge is 0.366 e. The summed E-state index contributed by atoms with van der Waals surface area (Å²) in [4.78, 5) is 2.60. The SMILES string of the molecule is CNCC1CCC(C)(C)N(c2ccc(Br)cc2C)C1. The maximum absolute atomic E-state index is 3.56. The van der Waals surface area contributed by atoms with E-state index in [-0.39, 0.29) is 5.54 Å². The molecular formula is C16H25BrN2. The van der Waals surface area contributed by atoms with Crippen LogP contribution in [0.15, 0.2) is 22.7 Å². The smallest absolute Gasteiger partial charge is 0.0401 e. The first-order valence-corrected chi connectivity index (χ1v) is 7.92. The van der Waals surface area contributed by atoms with Crippen molar-refractivity contribution < 1.29 is 0 Å². The van der Waals surface area contributed by atoms with Gasteiger partial charge in [0.25, 0.3) is 0 Å². The van der Waals surface area contributed by atoms with Crippen molar-refractivity contribution in [2.45, 2.75) is 39.2 Å². The highest BCUT2D eigenvalue weighted by atomic mass is 79.9. The van der Waals surface area contributed by atoms with E-state index >= 15 is 0 Å². The van der Waals surface area contributed by atoms with E-state index < -0.39 is 0 Å². The van der Waals surface area contributed by atoms with Crippen LogP contribution < -0.4 is 10.2 Å². The van der Waals surface area contributed by atoms with Crippen molar-refractivity contribution in [2.24, 2.45) is 5.92 Å². The Morgan fingerprint density at radius 1 is 1.42 bits per heavy atom. The molecule has 0 spiro atoms. The predicted molar refractivity (Wildman–Crippen MR) is 87.0 cm³/mol. The number of nitrogens with zero attached hydrogens (tertiary/aromatic N) is 1. The van der Waals surface area contributed by atoms with Gasteiger partial charge in [-0.2, -0.15) is 0 Å². The average molecular weight is 325 g/mol. The van der Waals surface area contributed by atoms with Gasteiger partial charge in [-0.25, -0.2) is 0 Å². The highest BCUT2D eigenvalue weighted by Gasteiger charge is 2.34. The minimum absolute atomic E-state index is 0.253. The molecule has 1 aromatic rings. The zero-order chi connectivity index (χ0) is 14.0. The second-order valence-electron chi connectivity index (χ2n) is 6.32. The zero-order valence-electron chi connectivity index (χ0n) is 12.5. The van der Waals surface area contributed by atoms with Crippen molar-refractivity contribution in [2.75, 3.05) is 25.0 Å². The minimum atomic E-state index is 0.253. The lowest BCUT2D eigenvalue weighted by Gasteiger charge is -2.48. The number of nitrogens with one attached hydrogen (secondary N) is 1. The predicted octanol–water partition coefficient (Wildman–Crippen LogP) is 3.97. The molecule has 0 aromatic heterocycles. The van der Waals surface area contributed by atoms with Gasteiger partial charge in [0.05, 0.1) is 0 Å². The van der Waals surface area contributed by atoms with E-state index in [1.165, 1.54) is 24.1 Å². The summed E-state index contributed by atoms with van der Waals surface area (Å²) in [6, 6.07) is 6.62. The van der Waals surface area contributed by atoms with Gasteiger partial charge in [0, 0.05) is 22.2 Å². The average Bonchev–Trinajstić information content (AvgIpc) is 2.32. The zero-order valence-corrected chi connectivity index (χ0v) is 14.0. The third kappa shape index (κ3) is 3.32. The van der Waals surface area contributed by atoms with Crippen molar-refractivity contribution in [3.05, 3.63) is 28.2 Å². The molecule has 1 saturated heterocycles. The van der Waals surface area contributed by atoms with Crippen LogP contribution in [0.2, 0.25) is 0 Å². The number of piperidine rings is 1. The Bertz CT molecular complexity index is 442. The molecule has 1 aliphatic rings. The maximum atomic E-state index is 3.56. The van der Waals surface area contributed by atoms with Crippen molar-refractivity contribution in [3.8, 4) is 0 Å². The van der Waals surface area contributed by atoms with E-state index in [1.54, 1.807) is 0 Å². The van der Waals surface area contributed by atoms with Gasteiger partial charge in [-0.1, -0.05) is 15.9 Å². The van der Waals surface area contributed by atoms with E-state index in [9.17, 15) is 0 Å². The Balaban J connectivity index is 2.27. The number of anilines is 1. The molecule has 0 aliphatic carbocycles. The summed E-state index contributed by atoms with van der Waals surface area (Å²) in [6.45, 7) is 9.20. The molecule has 2 rings (SSSR count). The highest BCUT2D eigenvalue weighted by Crippen LogP contribution is 2.36. The van der Waals surface area contributed by atoms with Crippen LogP contribution in [0.1, 0.15) is 32.3 Å². The van der Waals surface area contributed by atoms with Crippen LogP contribution in [0.25, 0.3) is 0 Å². The van der Waals surface area contributed by atoms with Crippen LogP contribution in [0, 0.1) is 12.8 Å². The molecule has 0 radical (unpaired) electrons. The van der Waals surface area contributed by atoms with Gasteiger partial charge in [-0.05, 0) is 76.9 Å². The maximum Gasteiger partial charge on any atom is 0.0401 e. The third-order valence-electron chi connectivity index (χ3n) is 4.28. The summed E-state index contributed by atoms with van der Waals surface area (Å²) in [5, 5.41) is 3.33. The Kier molecular flexibility index (Phi) is 4.57. The topological polar surface area (TPSA) is 15.3 Å². The number of rotatable bonds is 3. The van der Waals surface area contributed by atoms with Crippen molar-refractivity contribution in [1.29, 1.82) is 0 Å². The van der Waals surface area contributed by atoms with Crippen LogP contribution >= 0.6 is 15.9 Å². The van der Waals surface area contributed by atoms with Crippen molar-refractivity contribution in [3.63, 3.8) is 0 Å². The molecule has 2 nitrogen and oxygen atoms in total. The van der Waals surface area contributed by atoms with E-state index in [2.05, 4.69) is 72.2 Å². The van der Waals surface area contributed by atoms with Crippen LogP contribution in [-0.2, 0) is 0 Å². The fourth-order valence-electron chi connectivity index (χ4n) is 3.09. The van der Waals surface area contributed by atoms with Gasteiger partial charge >= 0.3 is 0 Å². The van der Waals surface area contributed by atoms with E-state index in [1.807, 2.05) is 0 Å². The van der Waals surface area contributed by atoms with Gasteiger partial charge in [0.2, 0.25) is 0 Å². The molecule has 1 N–H and O–H groups in total. The Morgan fingerprint density at radius 3 is 2.79 bits per heavy atom. The van der Waals surface area contributed by atoms with Crippen LogP contribution in [0.5, 0.6) is 0 Å². The van der Waals surface area contributed by atoms with Crippen molar-refractivity contribution >= 4 is 21.6 Å². The van der Waals surface area contributed by atoms with Crippen LogP contribution in [0.3, 0.4) is 0 Å². The lowest BCUT2D eigenvalue weighted by molar-refractivity contribution is 0.286. The van der Waals surface area contributed by atoms with E-state index in [0.29, 0.717) is 0 Å². The first kappa shape index (κ1) is 14.9. The lowest BCUT2D eigenvalue weighted by atomic mass is 9.84. The molecule has 1 aliphatic heterocycles. The molecule has 0 bridgehead atoms. The van der Waals surface area contributed by atoms with Crippen LogP contribution in [0.4, 0.5) is 5.69 Å². The fourth-order valence-corrected chi connectivity index (χ4v) is 3.57. The van der Waals surface area contributed by atoms with Gasteiger partial charge in [-0.15, -0.1) is 0 Å². The van der Waals surface area contributed by atoms with Crippen LogP contribution in [-0.4, -0.2) is 25.7 Å². The Hall–Kier alpha value is -0.540. The fraction of sp³-hybridized carbons (Fsp3) is 0.625. The number of halogens is 1. The highest BCUT2D eigenvalue weighted by molar-refractivity contribution is 9.10. The number of hydrogen-bond donors (Lipinski definition) is 1. The summed E-state index contributed by atoms with van der Waals surface area (Å²) in [7, 11) is 2.05. The van der Waals surface area contributed by atoms with E-state index in [4.69, 9.17) is 0 Å². The molecule has 0 amide bonds. The second kappa shape index (κ2) is 5.84. The second-order valence-corrected chi connectivity index (χ2v) is 7.23. The number of benzene rings is 1. The third-order valence-corrected chi connectivity index (χ3v) is 4.77. The van der Waals surface area contributed by atoms with Gasteiger partial charge in [0.1, 0.15) is 0 Å². The molecular weight excluding hydrogens is 300 g/mol. The summed E-state index contributed by atoms with van der Waals surface area (Å²) in [6.07, 6.45) is 2.58. The summed E-state index contributed by atoms with van der Waals surface area (Å²) in [5.74, 6) is 0.751. The summed E-state index contributed by atoms with van der Waals surface area (Å²) >= 11 is 3.56. The molecule has 106 valence electrons. The standard InChI is InChI=1S/C16H25BrN2/c1-12-9-14(17)5-6-15(12)19-11-13(10-18-4)7-8-16(19,2)3/h5-6,9,13,18H,7-8,10-11H2,1-4H3. The molecule has 1 atom stereocenters. The normalized spacial score (nSPS) is 22.6. The molecule has 1 heterocycles. The minimum Gasteiger partial charge on any atom is -0.366 e. The quantitative estimate of drug-likeness (QED) is 0.904. The Labute approximate surface area is 125 Å². The van der Waals surface area contributed by atoms with Gasteiger partial charge < -0.3 is 10.2 Å². The molecule has 19 heavy (non-hydrogen) atoms. The summed E-state index contributed by atoms with van der Waals surface area (Å²) < 4.78 is 1.16. The molecule has 1 fully saturated rings. The van der Waals surface area contributed by atoms with Gasteiger partial charge in [-0.3, -0.25) is 0 Å². The Morgan fingerprint density at radius 2 is 2.16 bits per heavy atom. The molecule has 1 aromatic carbocycles. The first-order valence-electron chi connectivity index (χ1n) is 7.12. The number of hydrogen-bond acceptors (Lipinski definition) is 2. The summed E-state index contributed by atoms with van der Waals surface area (Å²) in [5.41, 5.74) is 2.99. The molecule has 3 heteroatoms. The van der Waals surface area contributed by atoms with Crippen molar-refractivity contribution in [1.82, 2.24) is 5.32 Å². The molecule has 0 saturated carbocycles. The lowest BCUT2D eigenvalue weighted by Crippen LogP contribution is -2.52. The first-order chi connectivity index (χ1) is 8.94. The monoisotopic (exact) mass is 324 g/mol. The van der Waals surface area contributed by atoms with Gasteiger partial charge in [0.15, 0.2) is 0 Å². The molecule has 1 unspecified atom stereocenters.